The van der Waals surface area contributed by atoms with Crippen molar-refractivity contribution >= 4 is 0 Å². The molecule has 0 aromatic heterocycles. The first-order valence-corrected chi connectivity index (χ1v) is 9.30. The molecule has 0 amide bonds. The van der Waals surface area contributed by atoms with Crippen molar-refractivity contribution in [2.24, 2.45) is 0 Å². The lowest BCUT2D eigenvalue weighted by atomic mass is 10.1. The van der Waals surface area contributed by atoms with Gasteiger partial charge in [0, 0.05) is 0 Å². The van der Waals surface area contributed by atoms with Crippen LogP contribution < -0.4 is 4.74 Å². The molecule has 0 atom stereocenters. The van der Waals surface area contributed by atoms with Crippen LogP contribution >= 0.6 is 0 Å². The van der Waals surface area contributed by atoms with Crippen LogP contribution in [0.2, 0.25) is 0 Å². The highest BCUT2D eigenvalue weighted by atomic mass is 16.5. The third-order valence-corrected chi connectivity index (χ3v) is 4.19. The molecule has 5 heteroatoms. The average Bonchev–Trinajstić information content (AvgIpc) is 2.75. The van der Waals surface area contributed by atoms with Crippen LogP contribution in [0.15, 0.2) is 97.1 Å². The van der Waals surface area contributed by atoms with Crippen LogP contribution in [-0.2, 0) is 6.42 Å². The molecular weight excluding hydrogens is 380 g/mol. The van der Waals surface area contributed by atoms with E-state index in [0.29, 0.717) is 11.5 Å². The van der Waals surface area contributed by atoms with E-state index in [1.54, 1.807) is 72.8 Å². The molecule has 0 spiro atoms. The third-order valence-electron chi connectivity index (χ3n) is 4.19. The van der Waals surface area contributed by atoms with Crippen molar-refractivity contribution in [2.75, 3.05) is 0 Å². The Kier molecular flexibility index (Phi) is 6.79. The van der Waals surface area contributed by atoms with Crippen molar-refractivity contribution < 1.29 is 25.2 Å². The van der Waals surface area contributed by atoms with Gasteiger partial charge in [-0.2, -0.15) is 0 Å². The summed E-state index contributed by atoms with van der Waals surface area (Å²) in [5.74, 6) is 2.24. The van der Waals surface area contributed by atoms with Crippen molar-refractivity contribution in [1.82, 2.24) is 0 Å². The molecule has 152 valence electrons. The first-order valence-electron chi connectivity index (χ1n) is 9.30. The van der Waals surface area contributed by atoms with Gasteiger partial charge in [0.25, 0.3) is 0 Å². The number of rotatable bonds is 4. The Morgan fingerprint density at radius 1 is 0.400 bits per heavy atom. The van der Waals surface area contributed by atoms with E-state index in [4.69, 9.17) is 25.2 Å². The van der Waals surface area contributed by atoms with Gasteiger partial charge in [-0.05, 0) is 90.3 Å². The van der Waals surface area contributed by atoms with E-state index in [9.17, 15) is 0 Å². The van der Waals surface area contributed by atoms with Crippen molar-refractivity contribution in [2.45, 2.75) is 6.42 Å². The van der Waals surface area contributed by atoms with E-state index in [1.165, 1.54) is 0 Å². The lowest BCUT2D eigenvalue weighted by molar-refractivity contribution is 0.459. The molecule has 4 aromatic rings. The summed E-state index contributed by atoms with van der Waals surface area (Å²) >= 11 is 0. The molecule has 0 aliphatic heterocycles. The summed E-state index contributed by atoms with van der Waals surface area (Å²) in [7, 11) is 0. The SMILES string of the molecule is Oc1ccc(Cc2ccc(O)cc2)cc1.Oc1ccc(Oc2ccc(O)cc2)cc1. The molecule has 4 rings (SSSR count). The predicted octanol–water partition coefficient (Wildman–Crippen LogP) is 5.58. The highest BCUT2D eigenvalue weighted by Gasteiger charge is 1.98. The minimum atomic E-state index is 0.202. The predicted molar refractivity (Wildman–Crippen MR) is 115 cm³/mol. The number of phenolic OH excluding ortho intramolecular Hbond substituents is 4. The van der Waals surface area contributed by atoms with Crippen molar-refractivity contribution in [3.8, 4) is 34.5 Å². The molecule has 30 heavy (non-hydrogen) atoms. The first-order chi connectivity index (χ1) is 14.5. The van der Waals surface area contributed by atoms with E-state index in [2.05, 4.69) is 0 Å². The summed E-state index contributed by atoms with van der Waals surface area (Å²) in [6.07, 6.45) is 0.806. The number of aromatic hydroxyl groups is 4. The number of hydrogen-bond acceptors (Lipinski definition) is 5. The molecule has 0 aliphatic rings. The fourth-order valence-electron chi connectivity index (χ4n) is 2.63. The van der Waals surface area contributed by atoms with Gasteiger partial charge in [0.1, 0.15) is 34.5 Å². The van der Waals surface area contributed by atoms with Crippen LogP contribution in [0.3, 0.4) is 0 Å². The smallest absolute Gasteiger partial charge is 0.127 e. The van der Waals surface area contributed by atoms with Gasteiger partial charge in [-0.3, -0.25) is 0 Å². The minimum Gasteiger partial charge on any atom is -0.508 e. The number of hydrogen-bond donors (Lipinski definition) is 4. The fraction of sp³-hybridized carbons (Fsp3) is 0.0400. The summed E-state index contributed by atoms with van der Waals surface area (Å²) < 4.78 is 5.47. The molecule has 0 fully saturated rings. The van der Waals surface area contributed by atoms with Crippen LogP contribution in [0, 0.1) is 0 Å². The molecule has 0 heterocycles. The lowest BCUT2D eigenvalue weighted by Gasteiger charge is -2.05. The van der Waals surface area contributed by atoms with Crippen molar-refractivity contribution in [1.29, 1.82) is 0 Å². The second-order valence-electron chi connectivity index (χ2n) is 6.60. The van der Waals surface area contributed by atoms with Gasteiger partial charge in [0.05, 0.1) is 0 Å². The molecule has 5 nitrogen and oxygen atoms in total. The Hall–Kier alpha value is -4.12. The Morgan fingerprint density at radius 3 is 0.967 bits per heavy atom. The zero-order valence-electron chi connectivity index (χ0n) is 16.1. The molecular formula is C25H22O5. The molecule has 0 saturated heterocycles. The minimum absolute atomic E-state index is 0.202. The van der Waals surface area contributed by atoms with Crippen LogP contribution in [-0.4, -0.2) is 20.4 Å². The maximum atomic E-state index is 9.13. The Bertz CT molecular complexity index is 863. The van der Waals surface area contributed by atoms with Gasteiger partial charge < -0.3 is 25.2 Å². The van der Waals surface area contributed by atoms with Gasteiger partial charge in [-0.1, -0.05) is 24.3 Å². The maximum absolute atomic E-state index is 9.13. The number of phenols is 4. The first kappa shape index (κ1) is 20.6. The van der Waals surface area contributed by atoms with E-state index < -0.39 is 0 Å². The number of benzene rings is 4. The van der Waals surface area contributed by atoms with Crippen molar-refractivity contribution in [3.05, 3.63) is 108 Å². The molecule has 0 aliphatic carbocycles. The zero-order valence-corrected chi connectivity index (χ0v) is 16.1. The largest absolute Gasteiger partial charge is 0.508 e. The van der Waals surface area contributed by atoms with Crippen LogP contribution in [0.1, 0.15) is 11.1 Å². The number of ether oxygens (including phenoxy) is 1. The Labute approximate surface area is 174 Å². The second kappa shape index (κ2) is 9.89. The highest BCUT2D eigenvalue weighted by Crippen LogP contribution is 2.24. The van der Waals surface area contributed by atoms with Crippen LogP contribution in [0.25, 0.3) is 0 Å². The zero-order chi connectivity index (χ0) is 21.3. The van der Waals surface area contributed by atoms with Crippen LogP contribution in [0.5, 0.6) is 34.5 Å². The fourth-order valence-corrected chi connectivity index (χ4v) is 2.63. The van der Waals surface area contributed by atoms with Gasteiger partial charge in [0.15, 0.2) is 0 Å². The van der Waals surface area contributed by atoms with Gasteiger partial charge in [-0.25, -0.2) is 0 Å². The van der Waals surface area contributed by atoms with E-state index in [1.807, 2.05) is 24.3 Å². The summed E-state index contributed by atoms with van der Waals surface area (Å²) in [6, 6.07) is 27.2. The molecule has 4 aromatic carbocycles. The standard InChI is InChI=1S/C13H12O2.C12H10O3/c14-12-5-1-10(2-6-12)9-11-3-7-13(15)8-4-11;13-9-1-5-11(6-2-9)15-12-7-3-10(14)4-8-12/h1-8,14-15H,9H2;1-8,13-14H. The summed E-state index contributed by atoms with van der Waals surface area (Å²) in [6.45, 7) is 0. The lowest BCUT2D eigenvalue weighted by Crippen LogP contribution is -1.86. The van der Waals surface area contributed by atoms with E-state index in [-0.39, 0.29) is 23.0 Å². The monoisotopic (exact) mass is 402 g/mol. The van der Waals surface area contributed by atoms with E-state index >= 15 is 0 Å². The van der Waals surface area contributed by atoms with Crippen LogP contribution in [0.4, 0.5) is 0 Å². The molecule has 0 unspecified atom stereocenters. The summed E-state index contributed by atoms with van der Waals surface area (Å²) in [5, 5.41) is 36.4. The average molecular weight is 402 g/mol. The van der Waals surface area contributed by atoms with Crippen molar-refractivity contribution in [3.63, 3.8) is 0 Å². The Morgan fingerprint density at radius 2 is 0.667 bits per heavy atom. The molecule has 4 N–H and O–H groups in total. The Balaban J connectivity index is 0.000000171. The van der Waals surface area contributed by atoms with Gasteiger partial charge >= 0.3 is 0 Å². The van der Waals surface area contributed by atoms with Gasteiger partial charge in [0.2, 0.25) is 0 Å². The topological polar surface area (TPSA) is 90.2 Å². The normalized spacial score (nSPS) is 10.0. The summed E-state index contributed by atoms with van der Waals surface area (Å²) in [4.78, 5) is 0. The van der Waals surface area contributed by atoms with E-state index in [0.717, 1.165) is 17.5 Å². The highest BCUT2D eigenvalue weighted by molar-refractivity contribution is 5.37. The molecule has 0 bridgehead atoms. The molecule has 0 radical (unpaired) electrons. The maximum Gasteiger partial charge on any atom is 0.127 e. The summed E-state index contributed by atoms with van der Waals surface area (Å²) in [5.41, 5.74) is 2.27. The third kappa shape index (κ3) is 6.49. The molecule has 0 saturated carbocycles. The second-order valence-corrected chi connectivity index (χ2v) is 6.60. The van der Waals surface area contributed by atoms with Gasteiger partial charge in [-0.15, -0.1) is 0 Å². The quantitative estimate of drug-likeness (QED) is 0.358.